The highest BCUT2D eigenvalue weighted by Gasteiger charge is 2.47. The zero-order chi connectivity index (χ0) is 19.9. The maximum absolute atomic E-state index is 12.4. The Kier molecular flexibility index (Phi) is 7.12. The number of anilines is 2. The van der Waals surface area contributed by atoms with Crippen LogP contribution in [0.15, 0.2) is 35.9 Å². The summed E-state index contributed by atoms with van der Waals surface area (Å²) in [5, 5.41) is 5.96. The molecule has 2 N–H and O–H groups in total. The number of hydrogen-bond donors (Lipinski definition) is 2. The first-order valence-corrected chi connectivity index (χ1v) is 10.7. The minimum atomic E-state index is -0.198. The minimum absolute atomic E-state index is 0.0217. The lowest BCUT2D eigenvalue weighted by atomic mass is 9.97. The van der Waals surface area contributed by atoms with Crippen LogP contribution in [-0.2, 0) is 9.59 Å². The van der Waals surface area contributed by atoms with Crippen LogP contribution < -0.4 is 15.5 Å². The van der Waals surface area contributed by atoms with Gasteiger partial charge in [-0.1, -0.05) is 11.6 Å². The van der Waals surface area contributed by atoms with Crippen LogP contribution in [0.25, 0.3) is 0 Å². The van der Waals surface area contributed by atoms with Gasteiger partial charge in [0.1, 0.15) is 0 Å². The van der Waals surface area contributed by atoms with Crippen LogP contribution in [0.1, 0.15) is 52.4 Å². The number of nitrogens with zero attached hydrogens (tertiary/aromatic N) is 1. The van der Waals surface area contributed by atoms with E-state index in [1.807, 2.05) is 24.3 Å². The molecule has 0 saturated heterocycles. The van der Waals surface area contributed by atoms with Crippen molar-refractivity contribution >= 4 is 23.2 Å². The number of nitrogens with one attached hydrogen (secondary N) is 2. The Labute approximate surface area is 168 Å². The highest BCUT2D eigenvalue weighted by atomic mass is 16.2. The molecule has 2 amide bonds. The van der Waals surface area contributed by atoms with Crippen LogP contribution in [0, 0.1) is 11.8 Å². The molecule has 152 valence electrons. The Morgan fingerprint density at radius 1 is 1.04 bits per heavy atom. The van der Waals surface area contributed by atoms with Gasteiger partial charge in [-0.05, 0) is 76.6 Å². The topological polar surface area (TPSA) is 61.4 Å². The summed E-state index contributed by atoms with van der Waals surface area (Å²) >= 11 is 0. The smallest absolute Gasteiger partial charge is 0.228 e. The van der Waals surface area contributed by atoms with Gasteiger partial charge in [0.05, 0.1) is 11.8 Å². The zero-order valence-corrected chi connectivity index (χ0v) is 17.2. The molecular formula is C23H33N3O2. The van der Waals surface area contributed by atoms with Crippen molar-refractivity contribution in [3.8, 4) is 0 Å². The number of hydrogen-bond acceptors (Lipinski definition) is 3. The van der Waals surface area contributed by atoms with E-state index < -0.39 is 0 Å². The Hall–Kier alpha value is -2.30. The standard InChI is InChI=1S/C23H33N3O2/c1-3-26(4-2)19-12-10-18(11-13-19)25-23(28)21-16-20(21)22(27)24-15-14-17-8-6-5-7-9-17/h8,10-13,20-21H,3-7,9,14-16H2,1-2H3,(H,24,27)(H,25,28). The summed E-state index contributed by atoms with van der Waals surface area (Å²) in [6.07, 6.45) is 8.79. The molecule has 0 heterocycles. The summed E-state index contributed by atoms with van der Waals surface area (Å²) in [4.78, 5) is 27.0. The van der Waals surface area contributed by atoms with E-state index in [0.29, 0.717) is 13.0 Å². The summed E-state index contributed by atoms with van der Waals surface area (Å²) in [6, 6.07) is 7.92. The monoisotopic (exact) mass is 383 g/mol. The lowest BCUT2D eigenvalue weighted by molar-refractivity contribution is -0.125. The van der Waals surface area contributed by atoms with E-state index in [2.05, 4.69) is 35.5 Å². The molecule has 1 aromatic rings. The van der Waals surface area contributed by atoms with Crippen molar-refractivity contribution in [1.82, 2.24) is 5.32 Å². The molecule has 5 heteroatoms. The van der Waals surface area contributed by atoms with Crippen molar-refractivity contribution in [1.29, 1.82) is 0 Å². The first kappa shape index (κ1) is 20.4. The van der Waals surface area contributed by atoms with Gasteiger partial charge in [-0.2, -0.15) is 0 Å². The second-order valence-electron chi connectivity index (χ2n) is 7.81. The Balaban J connectivity index is 1.41. The molecule has 2 unspecified atom stereocenters. The predicted octanol–water partition coefficient (Wildman–Crippen LogP) is 4.11. The van der Waals surface area contributed by atoms with Crippen LogP contribution in [0.5, 0.6) is 0 Å². The Morgan fingerprint density at radius 3 is 2.39 bits per heavy atom. The van der Waals surface area contributed by atoms with Gasteiger partial charge >= 0.3 is 0 Å². The van der Waals surface area contributed by atoms with Crippen molar-refractivity contribution in [3.05, 3.63) is 35.9 Å². The third kappa shape index (κ3) is 5.37. The number of allylic oxidation sites excluding steroid dienone is 1. The van der Waals surface area contributed by atoms with Crippen molar-refractivity contribution in [2.45, 2.75) is 52.4 Å². The number of rotatable bonds is 9. The van der Waals surface area contributed by atoms with Gasteiger partial charge in [-0.25, -0.2) is 0 Å². The minimum Gasteiger partial charge on any atom is -0.372 e. The fourth-order valence-electron chi connectivity index (χ4n) is 3.96. The summed E-state index contributed by atoms with van der Waals surface area (Å²) in [5.41, 5.74) is 3.40. The van der Waals surface area contributed by atoms with E-state index in [0.717, 1.165) is 37.3 Å². The number of carbonyl (C=O) groups is 2. The maximum atomic E-state index is 12.4. The summed E-state index contributed by atoms with van der Waals surface area (Å²) in [5.74, 6) is -0.397. The lowest BCUT2D eigenvalue weighted by Crippen LogP contribution is -2.28. The summed E-state index contributed by atoms with van der Waals surface area (Å²) in [6.45, 7) is 6.85. The number of amides is 2. The van der Waals surface area contributed by atoms with E-state index in [-0.39, 0.29) is 23.7 Å². The molecule has 0 radical (unpaired) electrons. The van der Waals surface area contributed by atoms with E-state index >= 15 is 0 Å². The molecular weight excluding hydrogens is 350 g/mol. The van der Waals surface area contributed by atoms with Crippen LogP contribution >= 0.6 is 0 Å². The molecule has 0 bridgehead atoms. The molecule has 2 aliphatic carbocycles. The predicted molar refractivity (Wildman–Crippen MR) is 114 cm³/mol. The van der Waals surface area contributed by atoms with Crippen LogP contribution in [-0.4, -0.2) is 31.4 Å². The van der Waals surface area contributed by atoms with E-state index in [1.165, 1.54) is 24.8 Å². The molecule has 3 rings (SSSR count). The second kappa shape index (κ2) is 9.76. The quantitative estimate of drug-likeness (QED) is 0.631. The second-order valence-corrected chi connectivity index (χ2v) is 7.81. The molecule has 2 aliphatic rings. The fraction of sp³-hybridized carbons (Fsp3) is 0.565. The molecule has 28 heavy (non-hydrogen) atoms. The van der Waals surface area contributed by atoms with Gasteiger partial charge in [0.25, 0.3) is 0 Å². The lowest BCUT2D eigenvalue weighted by Gasteiger charge is -2.21. The molecule has 1 fully saturated rings. The fourth-order valence-corrected chi connectivity index (χ4v) is 3.96. The number of benzene rings is 1. The molecule has 5 nitrogen and oxygen atoms in total. The van der Waals surface area contributed by atoms with Gasteiger partial charge in [-0.3, -0.25) is 9.59 Å². The van der Waals surface area contributed by atoms with Gasteiger partial charge < -0.3 is 15.5 Å². The van der Waals surface area contributed by atoms with Crippen LogP contribution in [0.2, 0.25) is 0 Å². The van der Waals surface area contributed by atoms with Gasteiger partial charge in [0, 0.05) is 31.0 Å². The summed E-state index contributed by atoms with van der Waals surface area (Å²) < 4.78 is 0. The van der Waals surface area contributed by atoms with Crippen molar-refractivity contribution in [2.75, 3.05) is 29.9 Å². The van der Waals surface area contributed by atoms with Crippen molar-refractivity contribution in [2.24, 2.45) is 11.8 Å². The van der Waals surface area contributed by atoms with Gasteiger partial charge in [0.2, 0.25) is 11.8 Å². The van der Waals surface area contributed by atoms with Crippen LogP contribution in [0.4, 0.5) is 11.4 Å². The van der Waals surface area contributed by atoms with Gasteiger partial charge in [-0.15, -0.1) is 0 Å². The third-order valence-corrected chi connectivity index (χ3v) is 5.86. The molecule has 0 aliphatic heterocycles. The number of carbonyl (C=O) groups excluding carboxylic acids is 2. The maximum Gasteiger partial charge on any atom is 0.228 e. The average molecular weight is 384 g/mol. The first-order chi connectivity index (χ1) is 13.6. The normalized spacial score (nSPS) is 20.9. The van der Waals surface area contributed by atoms with Crippen molar-refractivity contribution < 1.29 is 9.59 Å². The zero-order valence-electron chi connectivity index (χ0n) is 17.2. The largest absolute Gasteiger partial charge is 0.372 e. The molecule has 1 aromatic carbocycles. The average Bonchev–Trinajstić information content (AvgIpc) is 3.52. The molecule has 0 aromatic heterocycles. The third-order valence-electron chi connectivity index (χ3n) is 5.86. The van der Waals surface area contributed by atoms with Crippen LogP contribution in [0.3, 0.4) is 0 Å². The van der Waals surface area contributed by atoms with E-state index in [4.69, 9.17) is 0 Å². The molecule has 0 spiro atoms. The molecule has 2 atom stereocenters. The first-order valence-electron chi connectivity index (χ1n) is 10.7. The SMILES string of the molecule is CCN(CC)c1ccc(NC(=O)C2CC2C(=O)NCCC2=CCCCC2)cc1. The van der Waals surface area contributed by atoms with E-state index in [9.17, 15) is 9.59 Å². The Morgan fingerprint density at radius 2 is 1.75 bits per heavy atom. The highest BCUT2D eigenvalue weighted by Crippen LogP contribution is 2.39. The van der Waals surface area contributed by atoms with Gasteiger partial charge in [0.15, 0.2) is 0 Å². The van der Waals surface area contributed by atoms with E-state index in [1.54, 1.807) is 0 Å². The summed E-state index contributed by atoms with van der Waals surface area (Å²) in [7, 11) is 0. The Bertz CT molecular complexity index is 707. The molecule has 1 saturated carbocycles. The van der Waals surface area contributed by atoms with Crippen molar-refractivity contribution in [3.63, 3.8) is 0 Å². The highest BCUT2D eigenvalue weighted by molar-refractivity contribution is 5.99.